The van der Waals surface area contributed by atoms with Crippen LogP contribution in [0.5, 0.6) is 0 Å². The third-order valence-electron chi connectivity index (χ3n) is 6.60. The van der Waals surface area contributed by atoms with Crippen LogP contribution in [0, 0.1) is 13.8 Å². The highest BCUT2D eigenvalue weighted by Gasteiger charge is 2.26. The molecule has 0 nitrogen and oxygen atoms in total. The van der Waals surface area contributed by atoms with Crippen LogP contribution in [0.15, 0.2) is 12.1 Å². The molecule has 0 atom stereocenters. The van der Waals surface area contributed by atoms with Crippen LogP contribution in [0.25, 0.3) is 20.2 Å². The Morgan fingerprint density at radius 1 is 0.690 bits per heavy atom. The SMILES string of the molecule is CCCCCCCCC(C)(C)c1cc2c(C)c(C)c3cc(C(C)(C)C)sc3c2s1. The Hall–Kier alpha value is -0.860. The fourth-order valence-corrected chi connectivity index (χ4v) is 7.03. The van der Waals surface area contributed by atoms with Gasteiger partial charge in [-0.15, -0.1) is 22.7 Å². The molecule has 0 amide bonds. The largest absolute Gasteiger partial charge is 0.138 e. The van der Waals surface area contributed by atoms with Gasteiger partial charge in [0.15, 0.2) is 0 Å². The van der Waals surface area contributed by atoms with E-state index in [0.717, 1.165) is 0 Å². The van der Waals surface area contributed by atoms with Crippen LogP contribution in [0.3, 0.4) is 0 Å². The number of benzene rings is 1. The highest BCUT2D eigenvalue weighted by molar-refractivity contribution is 7.27. The minimum absolute atomic E-state index is 0.216. The molecule has 0 radical (unpaired) electrons. The summed E-state index contributed by atoms with van der Waals surface area (Å²) < 4.78 is 3.04. The standard InChI is InChI=1S/C27H40S2/c1-9-10-11-12-13-14-15-27(7,8)23-17-21-19(3)18(2)20-16-22(26(4,5)6)28-24(20)25(21)29-23/h16-17H,9-15H2,1-8H3. The number of fused-ring (bicyclic) bond motifs is 3. The fourth-order valence-electron chi connectivity index (χ4n) is 4.25. The first-order valence-electron chi connectivity index (χ1n) is 11.5. The van der Waals surface area contributed by atoms with Crippen LogP contribution in [0.1, 0.15) is 107 Å². The number of thiophene rings is 2. The molecule has 0 N–H and O–H groups in total. The van der Waals surface area contributed by atoms with Crippen molar-refractivity contribution in [2.75, 3.05) is 0 Å². The van der Waals surface area contributed by atoms with E-state index in [0.29, 0.717) is 0 Å². The van der Waals surface area contributed by atoms with E-state index < -0.39 is 0 Å². The third-order valence-corrected chi connectivity index (χ3v) is 9.83. The maximum atomic E-state index is 2.52. The molecule has 0 saturated carbocycles. The van der Waals surface area contributed by atoms with Gasteiger partial charge >= 0.3 is 0 Å². The molecular formula is C27H40S2. The summed E-state index contributed by atoms with van der Waals surface area (Å²) in [5, 5.41) is 2.97. The molecule has 0 bridgehead atoms. The van der Waals surface area contributed by atoms with Crippen molar-refractivity contribution in [3.05, 3.63) is 33.0 Å². The van der Waals surface area contributed by atoms with Gasteiger partial charge in [0.1, 0.15) is 0 Å². The molecule has 160 valence electrons. The van der Waals surface area contributed by atoms with E-state index in [1.54, 1.807) is 4.88 Å². The predicted molar refractivity (Wildman–Crippen MR) is 136 cm³/mol. The van der Waals surface area contributed by atoms with E-state index in [-0.39, 0.29) is 10.8 Å². The van der Waals surface area contributed by atoms with E-state index in [9.17, 15) is 0 Å². The quantitative estimate of drug-likeness (QED) is 0.313. The van der Waals surface area contributed by atoms with Gasteiger partial charge < -0.3 is 0 Å². The summed E-state index contributed by atoms with van der Waals surface area (Å²) in [6, 6.07) is 4.98. The number of hydrogen-bond donors (Lipinski definition) is 0. The summed E-state index contributed by atoms with van der Waals surface area (Å²) in [7, 11) is 0. The Kier molecular flexibility index (Phi) is 6.85. The zero-order valence-corrected chi connectivity index (χ0v) is 21.6. The predicted octanol–water partition coefficient (Wildman–Crippen LogP) is 10.1. The van der Waals surface area contributed by atoms with Crippen molar-refractivity contribution in [3.8, 4) is 0 Å². The lowest BCUT2D eigenvalue weighted by atomic mass is 9.84. The Labute approximate surface area is 186 Å². The first-order chi connectivity index (χ1) is 13.6. The van der Waals surface area contributed by atoms with Crippen molar-refractivity contribution in [1.29, 1.82) is 0 Å². The first-order valence-corrected chi connectivity index (χ1v) is 13.2. The molecule has 1 aromatic carbocycles. The second-order valence-corrected chi connectivity index (χ2v) is 12.7. The van der Waals surface area contributed by atoms with Gasteiger partial charge in [-0.1, -0.05) is 80.1 Å². The number of rotatable bonds is 8. The van der Waals surface area contributed by atoms with Gasteiger partial charge in [-0.3, -0.25) is 0 Å². The average molecular weight is 429 g/mol. The van der Waals surface area contributed by atoms with E-state index >= 15 is 0 Å². The molecule has 0 aliphatic rings. The molecular weight excluding hydrogens is 388 g/mol. The maximum absolute atomic E-state index is 2.52. The number of aryl methyl sites for hydroxylation is 2. The van der Waals surface area contributed by atoms with Crippen LogP contribution < -0.4 is 0 Å². The van der Waals surface area contributed by atoms with Gasteiger partial charge in [-0.05, 0) is 65.1 Å². The lowest BCUT2D eigenvalue weighted by molar-refractivity contribution is 0.450. The number of hydrogen-bond acceptors (Lipinski definition) is 2. The maximum Gasteiger partial charge on any atom is 0.0527 e. The molecule has 2 heterocycles. The van der Waals surface area contributed by atoms with Crippen LogP contribution >= 0.6 is 22.7 Å². The zero-order valence-electron chi connectivity index (χ0n) is 19.9. The van der Waals surface area contributed by atoms with Crippen LogP contribution in [0.2, 0.25) is 0 Å². The summed E-state index contributed by atoms with van der Waals surface area (Å²) in [6.07, 6.45) is 9.57. The smallest absolute Gasteiger partial charge is 0.0527 e. The van der Waals surface area contributed by atoms with E-state index in [1.807, 2.05) is 11.3 Å². The van der Waals surface area contributed by atoms with Gasteiger partial charge in [0.05, 0.1) is 9.40 Å². The molecule has 0 unspecified atom stereocenters. The molecule has 3 rings (SSSR count). The summed E-state index contributed by atoms with van der Waals surface area (Å²) in [6.45, 7) is 18.8. The summed E-state index contributed by atoms with van der Waals surface area (Å²) in [5.41, 5.74) is 3.43. The van der Waals surface area contributed by atoms with Gasteiger partial charge in [0.25, 0.3) is 0 Å². The third kappa shape index (κ3) is 4.74. The first kappa shape index (κ1) is 22.8. The topological polar surface area (TPSA) is 0 Å². The van der Waals surface area contributed by atoms with Crippen molar-refractivity contribution < 1.29 is 0 Å². The summed E-state index contributed by atoms with van der Waals surface area (Å²) in [5.74, 6) is 0. The van der Waals surface area contributed by atoms with Gasteiger partial charge in [-0.2, -0.15) is 0 Å². The van der Waals surface area contributed by atoms with Crippen molar-refractivity contribution >= 4 is 42.8 Å². The Bertz CT molecular complexity index is 976. The van der Waals surface area contributed by atoms with E-state index in [1.165, 1.54) is 81.1 Å². The second-order valence-electron chi connectivity index (χ2n) is 10.6. The molecule has 2 heteroatoms. The van der Waals surface area contributed by atoms with Gasteiger partial charge in [0.2, 0.25) is 0 Å². The van der Waals surface area contributed by atoms with Crippen molar-refractivity contribution in [1.82, 2.24) is 0 Å². The van der Waals surface area contributed by atoms with Gasteiger partial charge in [-0.25, -0.2) is 0 Å². The van der Waals surface area contributed by atoms with Crippen molar-refractivity contribution in [2.45, 2.75) is 111 Å². The van der Waals surface area contributed by atoms with Crippen LogP contribution in [-0.2, 0) is 10.8 Å². The molecule has 0 aliphatic heterocycles. The zero-order chi connectivity index (χ0) is 21.4. The van der Waals surface area contributed by atoms with Crippen molar-refractivity contribution in [2.24, 2.45) is 0 Å². The second kappa shape index (κ2) is 8.71. The van der Waals surface area contributed by atoms with Crippen LogP contribution in [0.4, 0.5) is 0 Å². The highest BCUT2D eigenvalue weighted by atomic mass is 32.1. The number of unbranched alkanes of at least 4 members (excludes halogenated alkanes) is 5. The Morgan fingerprint density at radius 2 is 1.17 bits per heavy atom. The summed E-state index contributed by atoms with van der Waals surface area (Å²) >= 11 is 4.08. The minimum atomic E-state index is 0.216. The fraction of sp³-hybridized carbons (Fsp3) is 0.630. The monoisotopic (exact) mass is 428 g/mol. The highest BCUT2D eigenvalue weighted by Crippen LogP contribution is 2.46. The van der Waals surface area contributed by atoms with Crippen molar-refractivity contribution in [3.63, 3.8) is 0 Å². The van der Waals surface area contributed by atoms with E-state index in [4.69, 9.17) is 0 Å². The molecule has 2 aromatic heterocycles. The lowest BCUT2D eigenvalue weighted by Crippen LogP contribution is -2.15. The Morgan fingerprint density at radius 3 is 1.72 bits per heavy atom. The molecule has 0 saturated heterocycles. The van der Waals surface area contributed by atoms with Crippen LogP contribution in [-0.4, -0.2) is 0 Å². The van der Waals surface area contributed by atoms with E-state index in [2.05, 4.69) is 78.9 Å². The normalized spacial score (nSPS) is 13.1. The molecule has 0 fully saturated rings. The Balaban J connectivity index is 1.93. The summed E-state index contributed by atoms with van der Waals surface area (Å²) in [4.78, 5) is 3.07. The molecule has 0 aliphatic carbocycles. The molecule has 3 aromatic rings. The average Bonchev–Trinajstić information content (AvgIpc) is 3.27. The van der Waals surface area contributed by atoms with Gasteiger partial charge in [0, 0.05) is 9.75 Å². The molecule has 0 spiro atoms. The minimum Gasteiger partial charge on any atom is -0.138 e. The lowest BCUT2D eigenvalue weighted by Gasteiger charge is -2.23. The molecule has 29 heavy (non-hydrogen) atoms.